The van der Waals surface area contributed by atoms with Crippen molar-refractivity contribution < 1.29 is 28.6 Å². The average Bonchev–Trinajstić information content (AvgIpc) is 3.23. The summed E-state index contributed by atoms with van der Waals surface area (Å²) in [7, 11) is 1.40. The molecule has 1 aliphatic heterocycles. The number of aromatic hydroxyl groups is 1. The molecule has 1 amide bonds. The van der Waals surface area contributed by atoms with E-state index in [4.69, 9.17) is 25.5 Å². The molecule has 10 heteroatoms. The Hall–Kier alpha value is -3.82. The number of hydrogen-bond acceptors (Lipinski definition) is 7. The van der Waals surface area contributed by atoms with Crippen molar-refractivity contribution in [3.8, 4) is 11.5 Å². The molecule has 2 heterocycles. The molecule has 1 N–H and O–H groups in total. The van der Waals surface area contributed by atoms with Crippen molar-refractivity contribution in [3.05, 3.63) is 96.8 Å². The lowest BCUT2D eigenvalue weighted by atomic mass is 9.97. The number of unbranched alkanes of at least 4 members (excludes halogenated alkanes) is 1. The van der Waals surface area contributed by atoms with Crippen molar-refractivity contribution >= 4 is 56.1 Å². The van der Waals surface area contributed by atoms with Crippen molar-refractivity contribution in [1.29, 1.82) is 0 Å². The first-order valence-corrected chi connectivity index (χ1v) is 13.4. The monoisotopic (exact) mass is 611 g/mol. The lowest BCUT2D eigenvalue weighted by Gasteiger charge is -2.26. The molecule has 0 saturated carbocycles. The van der Waals surface area contributed by atoms with Crippen LogP contribution in [0.3, 0.4) is 0 Å². The van der Waals surface area contributed by atoms with Gasteiger partial charge in [0.25, 0.3) is 5.91 Å². The second-order valence-electron chi connectivity index (χ2n) is 8.98. The van der Waals surface area contributed by atoms with E-state index >= 15 is 0 Å². The van der Waals surface area contributed by atoms with Crippen molar-refractivity contribution in [2.24, 2.45) is 0 Å². The molecule has 0 spiro atoms. The average molecular weight is 613 g/mol. The zero-order valence-corrected chi connectivity index (χ0v) is 23.3. The number of nitrogens with zero attached hydrogens (tertiary/aromatic N) is 1. The van der Waals surface area contributed by atoms with Gasteiger partial charge in [0.05, 0.1) is 40.7 Å². The van der Waals surface area contributed by atoms with E-state index in [1.165, 1.54) is 18.1 Å². The van der Waals surface area contributed by atoms with E-state index in [1.807, 2.05) is 6.92 Å². The predicted octanol–water partition coefficient (Wildman–Crippen LogP) is 6.63. The van der Waals surface area contributed by atoms with Gasteiger partial charge in [-0.25, -0.2) is 4.79 Å². The molecular weight excluding hydrogens is 590 g/mol. The highest BCUT2D eigenvalue weighted by Gasteiger charge is 2.44. The number of methoxy groups -OCH3 is 1. The van der Waals surface area contributed by atoms with Gasteiger partial charge >= 0.3 is 5.97 Å². The zero-order valence-electron chi connectivity index (χ0n) is 21.0. The number of anilines is 1. The summed E-state index contributed by atoms with van der Waals surface area (Å²) in [5.74, 6) is -1.08. The van der Waals surface area contributed by atoms with Crippen LogP contribution in [0.15, 0.2) is 68.3 Å². The number of ether oxygens (including phenoxy) is 2. The van der Waals surface area contributed by atoms with Gasteiger partial charge in [-0.15, -0.1) is 0 Å². The Balaban J connectivity index is 1.67. The number of hydrogen-bond donors (Lipinski definition) is 1. The number of fused-ring (bicyclic) bond motifs is 2. The molecule has 8 nitrogen and oxygen atoms in total. The minimum absolute atomic E-state index is 0.106. The number of carbonyl (C=O) groups is 2. The molecule has 1 unspecified atom stereocenters. The lowest BCUT2D eigenvalue weighted by Crippen LogP contribution is -2.29. The summed E-state index contributed by atoms with van der Waals surface area (Å²) >= 11 is 9.49. The molecule has 4 aromatic rings. The summed E-state index contributed by atoms with van der Waals surface area (Å²) in [6, 6.07) is 13.2. The zero-order chi connectivity index (χ0) is 27.8. The largest absolute Gasteiger partial charge is 0.503 e. The Morgan fingerprint density at radius 3 is 2.56 bits per heavy atom. The van der Waals surface area contributed by atoms with Crippen LogP contribution in [-0.4, -0.2) is 30.7 Å². The van der Waals surface area contributed by atoms with Gasteiger partial charge in [-0.3, -0.25) is 14.5 Å². The summed E-state index contributed by atoms with van der Waals surface area (Å²) in [5, 5.41) is 11.0. The second kappa shape index (κ2) is 10.7. The predicted molar refractivity (Wildman–Crippen MR) is 150 cm³/mol. The number of halogens is 2. The molecule has 0 fully saturated rings. The number of amides is 1. The topological polar surface area (TPSA) is 106 Å². The second-order valence-corrected chi connectivity index (χ2v) is 10.3. The summed E-state index contributed by atoms with van der Waals surface area (Å²) in [6.45, 7) is 2.32. The van der Waals surface area contributed by atoms with Gasteiger partial charge in [-0.1, -0.05) is 24.9 Å². The number of esters is 1. The maximum Gasteiger partial charge on any atom is 0.338 e. The standard InChI is InChI=1S/C29H23BrClNO7/c1-3-4-11-38-29(36)15-5-8-18(9-6-15)32-24(16-12-20(30)26(34)22(13-16)37-2)23-25(33)19-14-17(31)7-10-21(19)39-27(23)28(32)35/h5-10,12-14,24,34H,3-4,11H2,1-2H3. The van der Waals surface area contributed by atoms with Crippen molar-refractivity contribution in [2.45, 2.75) is 25.8 Å². The van der Waals surface area contributed by atoms with Crippen LogP contribution in [0.25, 0.3) is 11.0 Å². The van der Waals surface area contributed by atoms with Gasteiger partial charge in [-0.05, 0) is 82.5 Å². The summed E-state index contributed by atoms with van der Waals surface area (Å²) in [5.41, 5.74) is 1.18. The Morgan fingerprint density at radius 2 is 1.87 bits per heavy atom. The fourth-order valence-electron chi connectivity index (χ4n) is 4.58. The van der Waals surface area contributed by atoms with E-state index in [1.54, 1.807) is 48.5 Å². The van der Waals surface area contributed by atoms with E-state index in [9.17, 15) is 19.5 Å². The first-order valence-electron chi connectivity index (χ1n) is 12.2. The van der Waals surface area contributed by atoms with E-state index in [-0.39, 0.29) is 33.8 Å². The van der Waals surface area contributed by atoms with Gasteiger partial charge in [-0.2, -0.15) is 0 Å². The first kappa shape index (κ1) is 26.8. The van der Waals surface area contributed by atoms with Crippen LogP contribution in [0.1, 0.15) is 57.8 Å². The molecule has 1 aromatic heterocycles. The summed E-state index contributed by atoms with van der Waals surface area (Å²) in [4.78, 5) is 41.5. The van der Waals surface area contributed by atoms with Crippen LogP contribution in [0.4, 0.5) is 5.69 Å². The van der Waals surface area contributed by atoms with E-state index in [0.29, 0.717) is 32.9 Å². The molecule has 200 valence electrons. The van der Waals surface area contributed by atoms with E-state index in [0.717, 1.165) is 12.8 Å². The Morgan fingerprint density at radius 1 is 1.13 bits per heavy atom. The molecule has 5 rings (SSSR count). The fourth-order valence-corrected chi connectivity index (χ4v) is 5.22. The molecule has 39 heavy (non-hydrogen) atoms. The minimum atomic E-state index is -0.930. The van der Waals surface area contributed by atoms with Crippen LogP contribution < -0.4 is 15.1 Å². The van der Waals surface area contributed by atoms with Gasteiger partial charge in [0.1, 0.15) is 5.58 Å². The van der Waals surface area contributed by atoms with Gasteiger partial charge in [0, 0.05) is 10.7 Å². The van der Waals surface area contributed by atoms with Crippen LogP contribution in [-0.2, 0) is 4.74 Å². The number of phenolic OH excluding ortho intramolecular Hbond substituents is 1. The number of phenols is 1. The Kier molecular flexibility index (Phi) is 7.38. The highest BCUT2D eigenvalue weighted by atomic mass is 79.9. The third kappa shape index (κ3) is 4.77. The SMILES string of the molecule is CCCCOC(=O)c1ccc(N2C(=O)c3oc4ccc(Cl)cc4c(=O)c3C2c2cc(Br)c(O)c(OC)c2)cc1. The summed E-state index contributed by atoms with van der Waals surface area (Å²) < 4.78 is 16.9. The number of rotatable bonds is 7. The van der Waals surface area contributed by atoms with Crippen LogP contribution in [0.5, 0.6) is 11.5 Å². The first-order chi connectivity index (χ1) is 18.7. The quantitative estimate of drug-likeness (QED) is 0.184. The molecule has 1 aliphatic rings. The van der Waals surface area contributed by atoms with E-state index in [2.05, 4.69) is 15.9 Å². The Labute approximate surface area is 236 Å². The van der Waals surface area contributed by atoms with Gasteiger partial charge in [0.2, 0.25) is 5.76 Å². The van der Waals surface area contributed by atoms with Crippen molar-refractivity contribution in [2.75, 3.05) is 18.6 Å². The fraction of sp³-hybridized carbons (Fsp3) is 0.207. The molecule has 0 aliphatic carbocycles. The minimum Gasteiger partial charge on any atom is -0.503 e. The molecule has 3 aromatic carbocycles. The van der Waals surface area contributed by atoms with Crippen molar-refractivity contribution in [3.63, 3.8) is 0 Å². The maximum atomic E-state index is 13.8. The van der Waals surface area contributed by atoms with Crippen molar-refractivity contribution in [1.82, 2.24) is 0 Å². The van der Waals surface area contributed by atoms with E-state index < -0.39 is 23.3 Å². The summed E-state index contributed by atoms with van der Waals surface area (Å²) in [6.07, 6.45) is 1.66. The molecule has 1 atom stereocenters. The smallest absolute Gasteiger partial charge is 0.338 e. The molecule has 0 saturated heterocycles. The number of carbonyl (C=O) groups excluding carboxylic acids is 2. The molecule has 0 bridgehead atoms. The highest BCUT2D eigenvalue weighted by molar-refractivity contribution is 9.10. The highest BCUT2D eigenvalue weighted by Crippen LogP contribution is 2.45. The van der Waals surface area contributed by atoms with Crippen LogP contribution in [0.2, 0.25) is 5.02 Å². The van der Waals surface area contributed by atoms with Crippen LogP contribution >= 0.6 is 27.5 Å². The maximum absolute atomic E-state index is 13.8. The molecule has 0 radical (unpaired) electrons. The normalized spacial score (nSPS) is 14.5. The lowest BCUT2D eigenvalue weighted by molar-refractivity contribution is 0.0499. The van der Waals surface area contributed by atoms with Gasteiger partial charge in [0.15, 0.2) is 16.9 Å². The third-order valence-electron chi connectivity index (χ3n) is 6.53. The number of benzene rings is 3. The molecular formula is C29H23BrClNO7. The van der Waals surface area contributed by atoms with Crippen LogP contribution in [0, 0.1) is 0 Å². The van der Waals surface area contributed by atoms with Gasteiger partial charge < -0.3 is 19.0 Å². The Bertz CT molecular complexity index is 1670. The third-order valence-corrected chi connectivity index (χ3v) is 7.37.